The summed E-state index contributed by atoms with van der Waals surface area (Å²) in [6, 6.07) is 4.10. The zero-order valence-electron chi connectivity index (χ0n) is 10.5. The molecule has 0 saturated carbocycles. The first-order valence-corrected chi connectivity index (χ1v) is 7.26. The minimum Gasteiger partial charge on any atom is -0.373 e. The zero-order chi connectivity index (χ0) is 12.6. The Morgan fingerprint density at radius 3 is 3.22 bits per heavy atom. The van der Waals surface area contributed by atoms with Gasteiger partial charge in [0, 0.05) is 11.5 Å². The van der Waals surface area contributed by atoms with Crippen molar-refractivity contribution in [3.8, 4) is 0 Å². The van der Waals surface area contributed by atoms with Crippen molar-refractivity contribution in [1.29, 1.82) is 0 Å². The van der Waals surface area contributed by atoms with Crippen LogP contribution in [0, 0.1) is 0 Å². The van der Waals surface area contributed by atoms with Crippen molar-refractivity contribution in [2.75, 3.05) is 19.7 Å². The summed E-state index contributed by atoms with van der Waals surface area (Å²) in [6.07, 6.45) is 2.15. The van der Waals surface area contributed by atoms with Crippen molar-refractivity contribution in [2.24, 2.45) is 0 Å². The van der Waals surface area contributed by atoms with Crippen LogP contribution in [-0.4, -0.2) is 36.1 Å². The highest BCUT2D eigenvalue weighted by Crippen LogP contribution is 2.32. The number of rotatable bonds is 3. The molecule has 3 heterocycles. The maximum absolute atomic E-state index is 12.0. The molecule has 0 aromatic carbocycles. The summed E-state index contributed by atoms with van der Waals surface area (Å²) in [6.45, 7) is 4.03. The molecule has 1 aromatic heterocycles. The standard InChI is InChI=1S/C13H18N2O2S/c1-13(5-3-6-17-13)9-15-11(16)8-14-12(15)10-4-2-7-18-10/h2,4,7,12,14H,3,5-6,8-9H2,1H3. The molecule has 3 rings (SSSR count). The first-order valence-electron chi connectivity index (χ1n) is 6.38. The van der Waals surface area contributed by atoms with Crippen LogP contribution in [0.25, 0.3) is 0 Å². The second kappa shape index (κ2) is 4.64. The van der Waals surface area contributed by atoms with Crippen molar-refractivity contribution in [1.82, 2.24) is 10.2 Å². The van der Waals surface area contributed by atoms with Gasteiger partial charge in [-0.2, -0.15) is 0 Å². The molecule has 18 heavy (non-hydrogen) atoms. The van der Waals surface area contributed by atoms with Crippen molar-refractivity contribution in [3.05, 3.63) is 22.4 Å². The number of ether oxygens (including phenoxy) is 1. The number of nitrogens with one attached hydrogen (secondary N) is 1. The maximum Gasteiger partial charge on any atom is 0.238 e. The summed E-state index contributed by atoms with van der Waals surface area (Å²) in [4.78, 5) is 15.1. The molecule has 2 unspecified atom stereocenters. The molecule has 1 amide bonds. The molecule has 0 spiro atoms. The molecule has 98 valence electrons. The van der Waals surface area contributed by atoms with Crippen LogP contribution in [0.15, 0.2) is 17.5 Å². The highest BCUT2D eigenvalue weighted by atomic mass is 32.1. The molecule has 2 aliphatic heterocycles. The Labute approximate surface area is 111 Å². The number of carbonyl (C=O) groups excluding carboxylic acids is 1. The van der Waals surface area contributed by atoms with Crippen LogP contribution < -0.4 is 5.32 Å². The largest absolute Gasteiger partial charge is 0.373 e. The van der Waals surface area contributed by atoms with Gasteiger partial charge in [-0.3, -0.25) is 10.1 Å². The van der Waals surface area contributed by atoms with E-state index in [1.165, 1.54) is 4.88 Å². The summed E-state index contributed by atoms with van der Waals surface area (Å²) < 4.78 is 5.80. The van der Waals surface area contributed by atoms with Gasteiger partial charge in [-0.1, -0.05) is 6.07 Å². The monoisotopic (exact) mass is 266 g/mol. The normalized spacial score (nSPS) is 32.4. The quantitative estimate of drug-likeness (QED) is 0.906. The van der Waals surface area contributed by atoms with Gasteiger partial charge >= 0.3 is 0 Å². The third-order valence-electron chi connectivity index (χ3n) is 3.70. The topological polar surface area (TPSA) is 41.6 Å². The average Bonchev–Trinajstić information content (AvgIpc) is 3.03. The molecule has 2 fully saturated rings. The number of thiophene rings is 1. The van der Waals surface area contributed by atoms with Crippen LogP contribution in [0.2, 0.25) is 0 Å². The van der Waals surface area contributed by atoms with Gasteiger partial charge in [0.1, 0.15) is 6.17 Å². The SMILES string of the molecule is CC1(CN2C(=O)CNC2c2cccs2)CCCO1. The van der Waals surface area contributed by atoms with Crippen LogP contribution in [0.1, 0.15) is 30.8 Å². The number of nitrogens with zero attached hydrogens (tertiary/aromatic N) is 1. The average molecular weight is 266 g/mol. The fraction of sp³-hybridized carbons (Fsp3) is 0.615. The first kappa shape index (κ1) is 12.1. The van der Waals surface area contributed by atoms with E-state index in [2.05, 4.69) is 18.3 Å². The lowest BCUT2D eigenvalue weighted by Crippen LogP contribution is -2.43. The lowest BCUT2D eigenvalue weighted by Gasteiger charge is -2.32. The molecule has 2 saturated heterocycles. The number of hydrogen-bond donors (Lipinski definition) is 1. The van der Waals surface area contributed by atoms with Gasteiger partial charge in [0.15, 0.2) is 0 Å². The fourth-order valence-electron chi connectivity index (χ4n) is 2.74. The van der Waals surface area contributed by atoms with Gasteiger partial charge in [0.25, 0.3) is 0 Å². The Morgan fingerprint density at radius 2 is 2.56 bits per heavy atom. The summed E-state index contributed by atoms with van der Waals surface area (Å²) in [5.74, 6) is 0.171. The minimum atomic E-state index is -0.169. The Balaban J connectivity index is 1.77. The molecular weight excluding hydrogens is 248 g/mol. The van der Waals surface area contributed by atoms with Crippen molar-refractivity contribution in [3.63, 3.8) is 0 Å². The van der Waals surface area contributed by atoms with E-state index in [0.29, 0.717) is 13.1 Å². The smallest absolute Gasteiger partial charge is 0.238 e. The van der Waals surface area contributed by atoms with E-state index in [1.807, 2.05) is 16.3 Å². The molecule has 2 atom stereocenters. The third-order valence-corrected chi connectivity index (χ3v) is 4.62. The summed E-state index contributed by atoms with van der Waals surface area (Å²) in [5, 5.41) is 5.33. The van der Waals surface area contributed by atoms with Gasteiger partial charge in [0.2, 0.25) is 5.91 Å². The van der Waals surface area contributed by atoms with E-state index in [4.69, 9.17) is 4.74 Å². The highest BCUT2D eigenvalue weighted by molar-refractivity contribution is 7.10. The van der Waals surface area contributed by atoms with E-state index in [-0.39, 0.29) is 17.7 Å². The number of amides is 1. The molecule has 4 nitrogen and oxygen atoms in total. The highest BCUT2D eigenvalue weighted by Gasteiger charge is 2.39. The molecule has 0 bridgehead atoms. The Hall–Kier alpha value is -0.910. The third kappa shape index (κ3) is 2.18. The van der Waals surface area contributed by atoms with E-state index in [1.54, 1.807) is 11.3 Å². The van der Waals surface area contributed by atoms with Crippen molar-refractivity contribution >= 4 is 17.2 Å². The Bertz CT molecular complexity index is 426. The van der Waals surface area contributed by atoms with Gasteiger partial charge in [-0.15, -0.1) is 11.3 Å². The molecule has 1 N–H and O–H groups in total. The van der Waals surface area contributed by atoms with Gasteiger partial charge in [-0.05, 0) is 31.2 Å². The van der Waals surface area contributed by atoms with Crippen LogP contribution in [0.4, 0.5) is 0 Å². The fourth-order valence-corrected chi connectivity index (χ4v) is 3.55. The number of hydrogen-bond acceptors (Lipinski definition) is 4. The van der Waals surface area contributed by atoms with E-state index in [0.717, 1.165) is 19.4 Å². The van der Waals surface area contributed by atoms with Crippen LogP contribution in [-0.2, 0) is 9.53 Å². The molecule has 0 aliphatic carbocycles. The minimum absolute atomic E-state index is 0.0264. The van der Waals surface area contributed by atoms with E-state index >= 15 is 0 Å². The Morgan fingerprint density at radius 1 is 1.67 bits per heavy atom. The lowest BCUT2D eigenvalue weighted by atomic mass is 10.0. The van der Waals surface area contributed by atoms with E-state index in [9.17, 15) is 4.79 Å². The Kier molecular flexibility index (Phi) is 3.13. The molecule has 5 heteroatoms. The van der Waals surface area contributed by atoms with Gasteiger partial charge in [-0.25, -0.2) is 0 Å². The summed E-state index contributed by atoms with van der Waals surface area (Å²) in [5.41, 5.74) is -0.169. The zero-order valence-corrected chi connectivity index (χ0v) is 11.3. The van der Waals surface area contributed by atoms with Gasteiger partial charge in [0.05, 0.1) is 18.7 Å². The van der Waals surface area contributed by atoms with Crippen molar-refractivity contribution < 1.29 is 9.53 Å². The first-order chi connectivity index (χ1) is 8.68. The predicted octanol–water partition coefficient (Wildman–Crippen LogP) is 1.75. The van der Waals surface area contributed by atoms with Crippen LogP contribution >= 0.6 is 11.3 Å². The molecule has 2 aliphatic rings. The summed E-state index contributed by atoms with van der Waals surface area (Å²) >= 11 is 1.69. The number of carbonyl (C=O) groups is 1. The van der Waals surface area contributed by atoms with E-state index < -0.39 is 0 Å². The van der Waals surface area contributed by atoms with Crippen LogP contribution in [0.5, 0.6) is 0 Å². The molecule has 1 aromatic rings. The van der Waals surface area contributed by atoms with Crippen LogP contribution in [0.3, 0.4) is 0 Å². The predicted molar refractivity (Wildman–Crippen MR) is 70.4 cm³/mol. The molecular formula is C13H18N2O2S. The molecule has 0 radical (unpaired) electrons. The second-order valence-electron chi connectivity index (χ2n) is 5.22. The maximum atomic E-state index is 12.0. The lowest BCUT2D eigenvalue weighted by molar-refractivity contribution is -0.131. The second-order valence-corrected chi connectivity index (χ2v) is 6.20. The van der Waals surface area contributed by atoms with Crippen molar-refractivity contribution in [2.45, 2.75) is 31.5 Å². The summed E-state index contributed by atoms with van der Waals surface area (Å²) in [7, 11) is 0. The van der Waals surface area contributed by atoms with Gasteiger partial charge < -0.3 is 9.64 Å².